The Morgan fingerprint density at radius 3 is 2.79 bits per heavy atom. The quantitative estimate of drug-likeness (QED) is 0.698. The van der Waals surface area contributed by atoms with Gasteiger partial charge >= 0.3 is 0 Å². The fraction of sp³-hybridized carbons (Fsp3) is 0.0909. The second-order valence-electron chi connectivity index (χ2n) is 3.76. The molecule has 6 nitrogen and oxygen atoms in total. The van der Waals surface area contributed by atoms with Crippen LogP contribution in [-0.4, -0.2) is 23.4 Å². The Labute approximate surface area is 116 Å². The lowest BCUT2D eigenvalue weighted by Gasteiger charge is -2.09. The molecule has 19 heavy (non-hydrogen) atoms. The number of hydrogen-bond acceptors (Lipinski definition) is 4. The Balaban J connectivity index is 2.27. The maximum Gasteiger partial charge on any atom is 0.241 e. The van der Waals surface area contributed by atoms with Crippen LogP contribution >= 0.6 is 12.2 Å². The molecule has 0 fully saturated rings. The smallest absolute Gasteiger partial charge is 0.241 e. The van der Waals surface area contributed by atoms with Crippen molar-refractivity contribution in [1.82, 2.24) is 14.7 Å². The molecule has 1 heterocycles. The average molecular weight is 296 g/mol. The van der Waals surface area contributed by atoms with Crippen LogP contribution in [0, 0.1) is 0 Å². The van der Waals surface area contributed by atoms with Crippen molar-refractivity contribution in [2.24, 2.45) is 5.73 Å². The monoisotopic (exact) mass is 296 g/mol. The summed E-state index contributed by atoms with van der Waals surface area (Å²) in [5, 5.41) is 0. The van der Waals surface area contributed by atoms with Crippen LogP contribution in [0.4, 0.5) is 0 Å². The van der Waals surface area contributed by atoms with E-state index in [1.54, 1.807) is 24.4 Å². The maximum absolute atomic E-state index is 12.2. The van der Waals surface area contributed by atoms with Crippen LogP contribution in [0.2, 0.25) is 0 Å². The molecule has 0 aliphatic carbocycles. The summed E-state index contributed by atoms with van der Waals surface area (Å²) in [6, 6.07) is 6.34. The number of benzene rings is 1. The van der Waals surface area contributed by atoms with Gasteiger partial charge in [-0.15, -0.1) is 0 Å². The molecule has 0 aliphatic rings. The summed E-state index contributed by atoms with van der Waals surface area (Å²) in [7, 11) is -3.68. The molecular weight excluding hydrogens is 284 g/mol. The Kier molecular flexibility index (Phi) is 3.93. The van der Waals surface area contributed by atoms with E-state index in [0.29, 0.717) is 11.3 Å². The topological polar surface area (TPSA) is 101 Å². The highest BCUT2D eigenvalue weighted by Gasteiger charge is 2.19. The summed E-state index contributed by atoms with van der Waals surface area (Å²) in [6.45, 7) is 0.119. The molecule has 1 aromatic carbocycles. The van der Waals surface area contributed by atoms with E-state index < -0.39 is 10.0 Å². The molecule has 0 amide bonds. The molecule has 2 rings (SSSR count). The number of aromatic nitrogens is 2. The molecule has 1 aromatic heterocycles. The van der Waals surface area contributed by atoms with E-state index in [-0.39, 0.29) is 16.4 Å². The van der Waals surface area contributed by atoms with Crippen molar-refractivity contribution in [1.29, 1.82) is 0 Å². The molecule has 4 N–H and O–H groups in total. The molecule has 0 aliphatic heterocycles. The lowest BCUT2D eigenvalue weighted by atomic mass is 10.2. The molecule has 2 aromatic rings. The van der Waals surface area contributed by atoms with Crippen molar-refractivity contribution < 1.29 is 8.42 Å². The minimum atomic E-state index is -3.68. The third-order valence-electron chi connectivity index (χ3n) is 2.45. The Morgan fingerprint density at radius 2 is 2.16 bits per heavy atom. The molecular formula is C11H12N4O2S2. The van der Waals surface area contributed by atoms with E-state index in [2.05, 4.69) is 14.7 Å². The molecule has 100 valence electrons. The van der Waals surface area contributed by atoms with Crippen LogP contribution in [0.15, 0.2) is 41.7 Å². The number of nitrogens with two attached hydrogens (primary N) is 1. The summed E-state index contributed by atoms with van der Waals surface area (Å²) in [4.78, 5) is 6.74. The van der Waals surface area contributed by atoms with Crippen LogP contribution < -0.4 is 10.5 Å². The first-order valence-corrected chi connectivity index (χ1v) is 7.25. The predicted molar refractivity (Wildman–Crippen MR) is 74.9 cm³/mol. The number of thiocarbonyl (C=S) groups is 1. The number of H-pyrrole nitrogens is 1. The standard InChI is InChI=1S/C11H12N4O2S2/c12-11(18)9-3-1-2-4-10(9)19(16,17)15-6-8-5-13-7-14-8/h1-5,7,15H,6H2,(H2,12,18)(H,13,14). The molecule has 0 saturated heterocycles. The van der Waals surface area contributed by atoms with Gasteiger partial charge in [0.15, 0.2) is 0 Å². The highest BCUT2D eigenvalue weighted by Crippen LogP contribution is 2.15. The SMILES string of the molecule is NC(=S)c1ccccc1S(=O)(=O)NCc1cnc[nH]1. The summed E-state index contributed by atoms with van der Waals surface area (Å²) in [5.74, 6) is 0. The molecule has 8 heteroatoms. The summed E-state index contributed by atoms with van der Waals surface area (Å²) in [6.07, 6.45) is 3.02. The van der Waals surface area contributed by atoms with Gasteiger partial charge < -0.3 is 10.7 Å². The van der Waals surface area contributed by atoms with Crippen LogP contribution in [0.1, 0.15) is 11.3 Å². The Hall–Kier alpha value is -1.77. The van der Waals surface area contributed by atoms with Gasteiger partial charge in [-0.25, -0.2) is 18.1 Å². The zero-order valence-corrected chi connectivity index (χ0v) is 11.5. The van der Waals surface area contributed by atoms with E-state index >= 15 is 0 Å². The second kappa shape index (κ2) is 5.47. The first kappa shape index (κ1) is 13.7. The number of sulfonamides is 1. The minimum Gasteiger partial charge on any atom is -0.389 e. The van der Waals surface area contributed by atoms with Gasteiger partial charge in [-0.3, -0.25) is 0 Å². The van der Waals surface area contributed by atoms with Crippen molar-refractivity contribution >= 4 is 27.2 Å². The van der Waals surface area contributed by atoms with Crippen molar-refractivity contribution in [3.8, 4) is 0 Å². The minimum absolute atomic E-state index is 0.0440. The second-order valence-corrected chi connectivity index (χ2v) is 5.94. The Morgan fingerprint density at radius 1 is 1.42 bits per heavy atom. The van der Waals surface area contributed by atoms with Crippen LogP contribution in [0.25, 0.3) is 0 Å². The first-order valence-electron chi connectivity index (χ1n) is 5.36. The van der Waals surface area contributed by atoms with Crippen molar-refractivity contribution in [2.45, 2.75) is 11.4 Å². The lowest BCUT2D eigenvalue weighted by molar-refractivity contribution is 0.580. The lowest BCUT2D eigenvalue weighted by Crippen LogP contribution is -2.26. The van der Waals surface area contributed by atoms with Crippen molar-refractivity contribution in [3.05, 3.63) is 48.0 Å². The fourth-order valence-electron chi connectivity index (χ4n) is 1.54. The molecule has 0 bridgehead atoms. The highest BCUT2D eigenvalue weighted by molar-refractivity contribution is 7.89. The Bertz CT molecular complexity index is 680. The first-order chi connectivity index (χ1) is 9.00. The number of rotatable bonds is 5. The van der Waals surface area contributed by atoms with Gasteiger partial charge in [-0.2, -0.15) is 0 Å². The largest absolute Gasteiger partial charge is 0.389 e. The van der Waals surface area contributed by atoms with Crippen LogP contribution in [0.3, 0.4) is 0 Å². The molecule has 0 unspecified atom stereocenters. The molecule has 0 spiro atoms. The number of nitrogens with one attached hydrogen (secondary N) is 2. The maximum atomic E-state index is 12.2. The number of aromatic amines is 1. The number of imidazole rings is 1. The molecule has 0 saturated carbocycles. The van der Waals surface area contributed by atoms with Crippen LogP contribution in [-0.2, 0) is 16.6 Å². The van der Waals surface area contributed by atoms with E-state index in [9.17, 15) is 8.42 Å². The fourth-order valence-corrected chi connectivity index (χ4v) is 3.01. The van der Waals surface area contributed by atoms with E-state index in [1.807, 2.05) is 0 Å². The van der Waals surface area contributed by atoms with Gasteiger partial charge in [0, 0.05) is 17.5 Å². The molecule has 0 radical (unpaired) electrons. The van der Waals surface area contributed by atoms with Crippen molar-refractivity contribution in [3.63, 3.8) is 0 Å². The van der Waals surface area contributed by atoms with Gasteiger partial charge in [0.2, 0.25) is 10.0 Å². The zero-order chi connectivity index (χ0) is 13.9. The van der Waals surface area contributed by atoms with Gasteiger partial charge in [0.1, 0.15) is 4.99 Å². The average Bonchev–Trinajstić information content (AvgIpc) is 2.89. The predicted octanol–water partition coefficient (Wildman–Crippen LogP) is 0.522. The summed E-state index contributed by atoms with van der Waals surface area (Å²) >= 11 is 4.85. The van der Waals surface area contributed by atoms with Gasteiger partial charge in [0.25, 0.3) is 0 Å². The third kappa shape index (κ3) is 3.16. The number of nitrogens with zero attached hydrogens (tertiary/aromatic N) is 1. The van der Waals surface area contributed by atoms with E-state index in [4.69, 9.17) is 18.0 Å². The van der Waals surface area contributed by atoms with Gasteiger partial charge in [-0.1, -0.05) is 30.4 Å². The third-order valence-corrected chi connectivity index (χ3v) is 4.13. The van der Waals surface area contributed by atoms with Crippen LogP contribution in [0.5, 0.6) is 0 Å². The summed E-state index contributed by atoms with van der Waals surface area (Å²) < 4.78 is 26.8. The van der Waals surface area contributed by atoms with E-state index in [1.165, 1.54) is 12.4 Å². The summed E-state index contributed by atoms with van der Waals surface area (Å²) in [5.41, 5.74) is 6.52. The number of hydrogen-bond donors (Lipinski definition) is 3. The van der Waals surface area contributed by atoms with Gasteiger partial charge in [-0.05, 0) is 6.07 Å². The van der Waals surface area contributed by atoms with E-state index in [0.717, 1.165) is 0 Å². The van der Waals surface area contributed by atoms with Gasteiger partial charge in [0.05, 0.1) is 17.8 Å². The highest BCUT2D eigenvalue weighted by atomic mass is 32.2. The zero-order valence-electron chi connectivity index (χ0n) is 9.83. The normalized spacial score (nSPS) is 11.4. The molecule has 0 atom stereocenters. The van der Waals surface area contributed by atoms with Crippen molar-refractivity contribution in [2.75, 3.05) is 0 Å².